The topological polar surface area (TPSA) is 49.4 Å². The van der Waals surface area contributed by atoms with Gasteiger partial charge in [-0.2, -0.15) is 0 Å². The third-order valence-electron chi connectivity index (χ3n) is 4.01. The first-order valence-corrected chi connectivity index (χ1v) is 9.46. The van der Waals surface area contributed by atoms with E-state index in [4.69, 9.17) is 0 Å². The molecule has 5 heteroatoms. The van der Waals surface area contributed by atoms with Gasteiger partial charge in [0.2, 0.25) is 0 Å². The highest BCUT2D eigenvalue weighted by atomic mass is 32.2. The Morgan fingerprint density at radius 1 is 1.32 bits per heavy atom. The third-order valence-corrected chi connectivity index (χ3v) is 5.84. The van der Waals surface area contributed by atoms with Crippen molar-refractivity contribution in [1.82, 2.24) is 10.2 Å². The van der Waals surface area contributed by atoms with Gasteiger partial charge >= 0.3 is 0 Å². The zero-order chi connectivity index (χ0) is 14.3. The van der Waals surface area contributed by atoms with E-state index < -0.39 is 9.84 Å². The van der Waals surface area contributed by atoms with Crippen LogP contribution in [0.4, 0.5) is 0 Å². The zero-order valence-corrected chi connectivity index (χ0v) is 13.5. The first kappa shape index (κ1) is 16.9. The largest absolute Gasteiger partial charge is 0.314 e. The standard InChI is InChI=1S/C14H30N2O2S/c1-4-10-19(17,18)11-9-16-8-6-7-14(12-16)13(3)15-5-2/h13-15H,4-12H2,1-3H3. The maximum atomic E-state index is 11.8. The van der Waals surface area contributed by atoms with Crippen molar-refractivity contribution >= 4 is 9.84 Å². The van der Waals surface area contributed by atoms with Gasteiger partial charge in [0.15, 0.2) is 9.84 Å². The van der Waals surface area contributed by atoms with Gasteiger partial charge in [0.25, 0.3) is 0 Å². The molecule has 2 atom stereocenters. The summed E-state index contributed by atoms with van der Waals surface area (Å²) in [4.78, 5) is 2.33. The van der Waals surface area contributed by atoms with Crippen LogP contribution in [0.15, 0.2) is 0 Å². The quantitative estimate of drug-likeness (QED) is 0.736. The minimum Gasteiger partial charge on any atom is -0.314 e. The molecule has 1 N–H and O–H groups in total. The first-order chi connectivity index (χ1) is 8.98. The Hall–Kier alpha value is -0.130. The molecule has 0 aromatic heterocycles. The van der Waals surface area contributed by atoms with Gasteiger partial charge in [-0.25, -0.2) is 8.42 Å². The monoisotopic (exact) mass is 290 g/mol. The maximum Gasteiger partial charge on any atom is 0.151 e. The average Bonchev–Trinajstić information content (AvgIpc) is 2.37. The number of hydrogen-bond donors (Lipinski definition) is 1. The first-order valence-electron chi connectivity index (χ1n) is 7.64. The van der Waals surface area contributed by atoms with E-state index >= 15 is 0 Å². The Morgan fingerprint density at radius 2 is 2.05 bits per heavy atom. The number of nitrogens with one attached hydrogen (secondary N) is 1. The Balaban J connectivity index is 2.39. The fourth-order valence-electron chi connectivity index (χ4n) is 2.87. The van der Waals surface area contributed by atoms with Crippen LogP contribution in [0.1, 0.15) is 40.0 Å². The zero-order valence-electron chi connectivity index (χ0n) is 12.7. The molecule has 0 aliphatic carbocycles. The normalized spacial score (nSPS) is 23.4. The van der Waals surface area contributed by atoms with E-state index in [-0.39, 0.29) is 0 Å². The molecule has 0 bridgehead atoms. The SMILES string of the molecule is CCCS(=O)(=O)CCN1CCCC(C(C)NCC)C1. The number of sulfone groups is 1. The fraction of sp³-hybridized carbons (Fsp3) is 1.00. The fourth-order valence-corrected chi connectivity index (χ4v) is 4.23. The summed E-state index contributed by atoms with van der Waals surface area (Å²) in [7, 11) is -2.84. The van der Waals surface area contributed by atoms with Crippen molar-refractivity contribution in [3.8, 4) is 0 Å². The number of piperidine rings is 1. The third kappa shape index (κ3) is 6.23. The van der Waals surface area contributed by atoms with Crippen LogP contribution in [-0.2, 0) is 9.84 Å². The van der Waals surface area contributed by atoms with E-state index in [0.29, 0.717) is 30.0 Å². The molecule has 0 amide bonds. The van der Waals surface area contributed by atoms with Crippen molar-refractivity contribution in [1.29, 1.82) is 0 Å². The molecule has 1 fully saturated rings. The molecular formula is C14H30N2O2S. The smallest absolute Gasteiger partial charge is 0.151 e. The molecule has 4 nitrogen and oxygen atoms in total. The second kappa shape index (κ2) is 8.22. The highest BCUT2D eigenvalue weighted by Gasteiger charge is 2.24. The lowest BCUT2D eigenvalue weighted by atomic mass is 9.91. The molecule has 1 heterocycles. The van der Waals surface area contributed by atoms with E-state index in [1.54, 1.807) is 0 Å². The van der Waals surface area contributed by atoms with E-state index in [2.05, 4.69) is 24.1 Å². The second-order valence-electron chi connectivity index (χ2n) is 5.70. The van der Waals surface area contributed by atoms with E-state index in [1.165, 1.54) is 12.8 Å². The van der Waals surface area contributed by atoms with E-state index in [9.17, 15) is 8.42 Å². The minimum atomic E-state index is -2.84. The molecule has 0 aromatic rings. The van der Waals surface area contributed by atoms with Crippen molar-refractivity contribution < 1.29 is 8.42 Å². The molecule has 1 rings (SSSR count). The summed E-state index contributed by atoms with van der Waals surface area (Å²) >= 11 is 0. The van der Waals surface area contributed by atoms with Crippen LogP contribution in [-0.4, -0.2) is 57.0 Å². The molecule has 1 aliphatic rings. The lowest BCUT2D eigenvalue weighted by Gasteiger charge is -2.36. The van der Waals surface area contributed by atoms with Gasteiger partial charge in [-0.05, 0) is 45.2 Å². The molecule has 114 valence electrons. The molecular weight excluding hydrogens is 260 g/mol. The minimum absolute atomic E-state index is 0.323. The van der Waals surface area contributed by atoms with Gasteiger partial charge in [0.1, 0.15) is 0 Å². The number of hydrogen-bond acceptors (Lipinski definition) is 4. The Kier molecular flexibility index (Phi) is 7.32. The predicted molar refractivity (Wildman–Crippen MR) is 81.2 cm³/mol. The van der Waals surface area contributed by atoms with Crippen LogP contribution >= 0.6 is 0 Å². The summed E-state index contributed by atoms with van der Waals surface area (Å²) < 4.78 is 23.5. The molecule has 2 unspecified atom stereocenters. The lowest BCUT2D eigenvalue weighted by molar-refractivity contribution is 0.158. The Bertz CT molecular complexity index is 343. The summed E-state index contributed by atoms with van der Waals surface area (Å²) in [6.07, 6.45) is 3.17. The highest BCUT2D eigenvalue weighted by molar-refractivity contribution is 7.91. The number of likely N-dealkylation sites (tertiary alicyclic amines) is 1. The molecule has 1 aliphatic heterocycles. The summed E-state index contributed by atoms with van der Waals surface area (Å²) in [5.41, 5.74) is 0. The molecule has 0 spiro atoms. The highest BCUT2D eigenvalue weighted by Crippen LogP contribution is 2.19. The van der Waals surface area contributed by atoms with Crippen LogP contribution in [0.3, 0.4) is 0 Å². The summed E-state index contributed by atoms with van der Waals surface area (Å²) in [6.45, 7) is 10.1. The second-order valence-corrected chi connectivity index (χ2v) is 8.00. The van der Waals surface area contributed by atoms with Crippen molar-refractivity contribution in [2.24, 2.45) is 5.92 Å². The van der Waals surface area contributed by atoms with E-state index in [0.717, 1.165) is 26.1 Å². The number of rotatable bonds is 8. The van der Waals surface area contributed by atoms with Crippen molar-refractivity contribution in [3.05, 3.63) is 0 Å². The molecule has 0 radical (unpaired) electrons. The van der Waals surface area contributed by atoms with Gasteiger partial charge < -0.3 is 10.2 Å². The summed E-state index contributed by atoms with van der Waals surface area (Å²) in [6, 6.07) is 0.528. The Morgan fingerprint density at radius 3 is 2.68 bits per heavy atom. The van der Waals surface area contributed by atoms with Crippen molar-refractivity contribution in [3.63, 3.8) is 0 Å². The average molecular weight is 290 g/mol. The van der Waals surface area contributed by atoms with Crippen molar-refractivity contribution in [2.45, 2.75) is 46.1 Å². The van der Waals surface area contributed by atoms with Gasteiger partial charge in [-0.3, -0.25) is 0 Å². The van der Waals surface area contributed by atoms with Crippen LogP contribution in [0.25, 0.3) is 0 Å². The summed E-state index contributed by atoms with van der Waals surface area (Å²) in [5, 5.41) is 3.48. The molecule has 0 saturated carbocycles. The maximum absolute atomic E-state index is 11.8. The summed E-state index contributed by atoms with van der Waals surface area (Å²) in [5.74, 6) is 1.31. The van der Waals surface area contributed by atoms with Gasteiger partial charge in [0.05, 0.1) is 5.75 Å². The van der Waals surface area contributed by atoms with Gasteiger partial charge in [-0.1, -0.05) is 13.8 Å². The van der Waals surface area contributed by atoms with Crippen LogP contribution in [0, 0.1) is 5.92 Å². The molecule has 1 saturated heterocycles. The lowest BCUT2D eigenvalue weighted by Crippen LogP contribution is -2.45. The Labute approximate surface area is 118 Å². The van der Waals surface area contributed by atoms with Crippen LogP contribution < -0.4 is 5.32 Å². The van der Waals surface area contributed by atoms with Gasteiger partial charge in [-0.15, -0.1) is 0 Å². The van der Waals surface area contributed by atoms with Crippen LogP contribution in [0.5, 0.6) is 0 Å². The van der Waals surface area contributed by atoms with Gasteiger partial charge in [0, 0.05) is 24.9 Å². The van der Waals surface area contributed by atoms with Crippen molar-refractivity contribution in [2.75, 3.05) is 37.7 Å². The molecule has 0 aromatic carbocycles. The van der Waals surface area contributed by atoms with E-state index in [1.807, 2.05) is 6.92 Å². The predicted octanol–water partition coefficient (Wildman–Crippen LogP) is 1.52. The van der Waals surface area contributed by atoms with Crippen LogP contribution in [0.2, 0.25) is 0 Å². The number of nitrogens with zero attached hydrogens (tertiary/aromatic N) is 1. The molecule has 19 heavy (non-hydrogen) atoms.